The summed E-state index contributed by atoms with van der Waals surface area (Å²) in [5, 5.41) is 19.4. The smallest absolute Gasteiger partial charge is 0.289 e. The zero-order valence-corrected chi connectivity index (χ0v) is 10.1. The van der Waals surface area contributed by atoms with Crippen LogP contribution in [0.4, 0.5) is 5.69 Å². The third-order valence-corrected chi connectivity index (χ3v) is 3.59. The summed E-state index contributed by atoms with van der Waals surface area (Å²) in [6.07, 6.45) is 0. The lowest BCUT2D eigenvalue weighted by molar-refractivity contribution is -0.387. The van der Waals surface area contributed by atoms with E-state index < -0.39 is 31.6 Å². The van der Waals surface area contributed by atoms with Gasteiger partial charge in [-0.3, -0.25) is 10.1 Å². The first-order chi connectivity index (χ1) is 8.38. The zero-order valence-electron chi connectivity index (χ0n) is 9.31. The molecule has 9 heteroatoms. The molecule has 0 radical (unpaired) electrons. The van der Waals surface area contributed by atoms with Crippen molar-refractivity contribution in [2.75, 3.05) is 13.2 Å². The molecular weight excluding hydrogens is 262 g/mol. The molecular formula is C9H13N3O5S. The van der Waals surface area contributed by atoms with Crippen LogP contribution in [0.15, 0.2) is 29.2 Å². The molecule has 8 nitrogen and oxygen atoms in total. The molecule has 18 heavy (non-hydrogen) atoms. The van der Waals surface area contributed by atoms with Crippen LogP contribution in [0.2, 0.25) is 0 Å². The number of nitro groups is 1. The Morgan fingerprint density at radius 3 is 2.61 bits per heavy atom. The number of hydrogen-bond donors (Lipinski definition) is 3. The van der Waals surface area contributed by atoms with Gasteiger partial charge in [-0.1, -0.05) is 12.1 Å². The van der Waals surface area contributed by atoms with E-state index in [1.54, 1.807) is 0 Å². The average molecular weight is 275 g/mol. The third kappa shape index (κ3) is 3.47. The van der Waals surface area contributed by atoms with Crippen LogP contribution < -0.4 is 10.5 Å². The molecule has 0 amide bonds. The number of nitrogens with zero attached hydrogens (tertiary/aromatic N) is 1. The van der Waals surface area contributed by atoms with Crippen LogP contribution in [0, 0.1) is 10.1 Å². The fraction of sp³-hybridized carbons (Fsp3) is 0.333. The molecule has 0 saturated carbocycles. The van der Waals surface area contributed by atoms with Crippen LogP contribution >= 0.6 is 0 Å². The summed E-state index contributed by atoms with van der Waals surface area (Å²) in [5.41, 5.74) is 4.83. The molecule has 1 unspecified atom stereocenters. The second kappa shape index (κ2) is 5.87. The summed E-state index contributed by atoms with van der Waals surface area (Å²) in [4.78, 5) is 9.50. The number of para-hydroxylation sites is 1. The summed E-state index contributed by atoms with van der Waals surface area (Å²) in [7, 11) is -4.02. The van der Waals surface area contributed by atoms with Gasteiger partial charge < -0.3 is 10.8 Å². The van der Waals surface area contributed by atoms with Gasteiger partial charge in [-0.25, -0.2) is 13.1 Å². The molecule has 0 spiro atoms. The Morgan fingerprint density at radius 2 is 2.06 bits per heavy atom. The molecule has 100 valence electrons. The minimum atomic E-state index is -4.02. The van der Waals surface area contributed by atoms with Gasteiger partial charge in [0.15, 0.2) is 4.90 Å². The molecule has 0 aromatic heterocycles. The SMILES string of the molecule is NC(CO)CNS(=O)(=O)c1ccccc1[N+](=O)[O-]. The van der Waals surface area contributed by atoms with Gasteiger partial charge in [-0.2, -0.15) is 0 Å². The predicted octanol–water partition coefficient (Wildman–Crippen LogP) is -0.807. The van der Waals surface area contributed by atoms with Crippen molar-refractivity contribution in [2.24, 2.45) is 5.73 Å². The van der Waals surface area contributed by atoms with Gasteiger partial charge in [0.1, 0.15) is 0 Å². The molecule has 0 fully saturated rings. The van der Waals surface area contributed by atoms with E-state index in [-0.39, 0.29) is 13.2 Å². The lowest BCUT2D eigenvalue weighted by Crippen LogP contribution is -2.39. The molecule has 1 aromatic rings. The lowest BCUT2D eigenvalue weighted by atomic mass is 10.3. The van der Waals surface area contributed by atoms with Crippen LogP contribution in [0.25, 0.3) is 0 Å². The summed E-state index contributed by atoms with van der Waals surface area (Å²) >= 11 is 0. The van der Waals surface area contributed by atoms with Crippen molar-refractivity contribution in [3.05, 3.63) is 34.4 Å². The fourth-order valence-electron chi connectivity index (χ4n) is 1.19. The van der Waals surface area contributed by atoms with E-state index in [9.17, 15) is 18.5 Å². The van der Waals surface area contributed by atoms with Crippen LogP contribution in [-0.2, 0) is 10.0 Å². The third-order valence-electron chi connectivity index (χ3n) is 2.12. The Balaban J connectivity index is 3.02. The molecule has 0 aliphatic rings. The number of aliphatic hydroxyl groups excluding tert-OH is 1. The van der Waals surface area contributed by atoms with Crippen molar-refractivity contribution in [1.82, 2.24) is 4.72 Å². The topological polar surface area (TPSA) is 136 Å². The predicted molar refractivity (Wildman–Crippen MR) is 63.3 cm³/mol. The maximum atomic E-state index is 11.8. The van der Waals surface area contributed by atoms with Gasteiger partial charge in [-0.05, 0) is 6.07 Å². The van der Waals surface area contributed by atoms with E-state index in [2.05, 4.69) is 4.72 Å². The van der Waals surface area contributed by atoms with Crippen LogP contribution in [0.1, 0.15) is 0 Å². The number of benzene rings is 1. The van der Waals surface area contributed by atoms with Gasteiger partial charge in [0.05, 0.1) is 11.5 Å². The molecule has 1 rings (SSSR count). The Kier molecular flexibility index (Phi) is 4.73. The lowest BCUT2D eigenvalue weighted by Gasteiger charge is -2.10. The first-order valence-corrected chi connectivity index (χ1v) is 6.46. The van der Waals surface area contributed by atoms with Gasteiger partial charge in [-0.15, -0.1) is 0 Å². The van der Waals surface area contributed by atoms with Crippen molar-refractivity contribution in [3.63, 3.8) is 0 Å². The summed E-state index contributed by atoms with van der Waals surface area (Å²) < 4.78 is 25.8. The van der Waals surface area contributed by atoms with E-state index in [0.717, 1.165) is 12.1 Å². The van der Waals surface area contributed by atoms with Crippen molar-refractivity contribution in [2.45, 2.75) is 10.9 Å². The molecule has 0 aliphatic carbocycles. The Labute approximate surface area is 104 Å². The molecule has 0 saturated heterocycles. The second-order valence-corrected chi connectivity index (χ2v) is 5.25. The first-order valence-electron chi connectivity index (χ1n) is 4.98. The van der Waals surface area contributed by atoms with Crippen molar-refractivity contribution in [3.8, 4) is 0 Å². The average Bonchev–Trinajstić information content (AvgIpc) is 2.36. The first kappa shape index (κ1) is 14.5. The maximum absolute atomic E-state index is 11.8. The summed E-state index contributed by atoms with van der Waals surface area (Å²) in [6.45, 7) is -0.593. The summed E-state index contributed by atoms with van der Waals surface area (Å²) in [6, 6.07) is 4.22. The Bertz CT molecular complexity index is 531. The molecule has 4 N–H and O–H groups in total. The molecule has 0 aliphatic heterocycles. The minimum Gasteiger partial charge on any atom is -0.395 e. The highest BCUT2D eigenvalue weighted by molar-refractivity contribution is 7.89. The van der Waals surface area contributed by atoms with Gasteiger partial charge in [0, 0.05) is 18.7 Å². The molecule has 1 atom stereocenters. The number of sulfonamides is 1. The van der Waals surface area contributed by atoms with E-state index in [1.807, 2.05) is 0 Å². The van der Waals surface area contributed by atoms with Gasteiger partial charge in [0.25, 0.3) is 5.69 Å². The number of nitrogens with two attached hydrogens (primary N) is 1. The second-order valence-electron chi connectivity index (χ2n) is 3.52. The number of rotatable bonds is 6. The van der Waals surface area contributed by atoms with Crippen molar-refractivity contribution < 1.29 is 18.4 Å². The van der Waals surface area contributed by atoms with Crippen LogP contribution in [0.5, 0.6) is 0 Å². The fourth-order valence-corrected chi connectivity index (χ4v) is 2.46. The number of nitro benzene ring substituents is 1. The number of nitrogens with one attached hydrogen (secondary N) is 1. The van der Waals surface area contributed by atoms with Gasteiger partial charge in [0.2, 0.25) is 10.0 Å². The Hall–Kier alpha value is -1.55. The number of hydrogen-bond acceptors (Lipinski definition) is 6. The van der Waals surface area contributed by atoms with Crippen LogP contribution in [-0.4, -0.2) is 37.6 Å². The van der Waals surface area contributed by atoms with Crippen molar-refractivity contribution >= 4 is 15.7 Å². The zero-order chi connectivity index (χ0) is 13.8. The highest BCUT2D eigenvalue weighted by atomic mass is 32.2. The standard InChI is InChI=1S/C9H13N3O5S/c10-7(6-13)5-11-18(16,17)9-4-2-1-3-8(9)12(14)15/h1-4,7,11,13H,5-6,10H2. The van der Waals surface area contributed by atoms with E-state index in [1.165, 1.54) is 12.1 Å². The van der Waals surface area contributed by atoms with E-state index in [4.69, 9.17) is 10.8 Å². The van der Waals surface area contributed by atoms with Crippen molar-refractivity contribution in [1.29, 1.82) is 0 Å². The largest absolute Gasteiger partial charge is 0.395 e. The Morgan fingerprint density at radius 1 is 1.44 bits per heavy atom. The summed E-state index contributed by atoms with van der Waals surface area (Å²) in [5.74, 6) is 0. The van der Waals surface area contributed by atoms with Gasteiger partial charge >= 0.3 is 0 Å². The van der Waals surface area contributed by atoms with Crippen LogP contribution in [0.3, 0.4) is 0 Å². The molecule has 0 heterocycles. The molecule has 1 aromatic carbocycles. The molecule has 0 bridgehead atoms. The normalized spacial score (nSPS) is 13.2. The minimum absolute atomic E-state index is 0.203. The quantitative estimate of drug-likeness (QED) is 0.459. The van der Waals surface area contributed by atoms with E-state index in [0.29, 0.717) is 0 Å². The highest BCUT2D eigenvalue weighted by Gasteiger charge is 2.25. The maximum Gasteiger partial charge on any atom is 0.289 e. The highest BCUT2D eigenvalue weighted by Crippen LogP contribution is 2.22. The monoisotopic (exact) mass is 275 g/mol. The van der Waals surface area contributed by atoms with E-state index >= 15 is 0 Å². The number of aliphatic hydroxyl groups is 1.